The summed E-state index contributed by atoms with van der Waals surface area (Å²) in [5.41, 5.74) is 20.8. The van der Waals surface area contributed by atoms with Gasteiger partial charge in [0.25, 0.3) is 0 Å². The zero-order valence-electron chi connectivity index (χ0n) is 29.2. The van der Waals surface area contributed by atoms with Crippen molar-refractivity contribution >= 4 is 29.6 Å². The Morgan fingerprint density at radius 2 is 1.00 bits per heavy atom. The van der Waals surface area contributed by atoms with Gasteiger partial charge in [-0.05, 0) is 60.5 Å². The molecule has 0 saturated carbocycles. The number of benzene rings is 3. The number of rotatable bonds is 20. The van der Waals surface area contributed by atoms with Gasteiger partial charge in [0.05, 0.1) is 6.04 Å². The standard InChI is InChI=1S/C38H51N7O6/c1-24(2)21-33(38(50)51)45-35(47)30(18-20-40)42-36(48)32(23-26-13-15-28(16-14-26)27-11-7-4-8-12-27)44-37(49)31(22-25-9-5-3-6-10-25)43-34(46)29(41)17-19-39/h3-16,24,29-33H,17-23,39-41H2,1-2H3,(H,42,48)(H,43,46)(H,44,49)(H,45,47)(H,50,51)/t29-,30-,31+,32-,33-/m0/s1. The molecule has 0 spiro atoms. The maximum absolute atomic E-state index is 14.0. The molecule has 11 N–H and O–H groups in total. The third kappa shape index (κ3) is 13.3. The summed E-state index contributed by atoms with van der Waals surface area (Å²) in [5, 5.41) is 20.4. The number of hydrogen-bond donors (Lipinski definition) is 8. The summed E-state index contributed by atoms with van der Waals surface area (Å²) in [6, 6.07) is 20.7. The lowest BCUT2D eigenvalue weighted by molar-refractivity contribution is -0.142. The Labute approximate surface area is 299 Å². The SMILES string of the molecule is CC(C)C[C@H](NC(=O)[C@H](CCN)NC(=O)[C@H](Cc1ccc(-c2ccccc2)cc1)NC(=O)[C@@H](Cc1ccccc1)NC(=O)[C@@H](N)CCN)C(=O)O. The molecule has 13 heteroatoms. The number of carboxylic acids is 1. The zero-order chi connectivity index (χ0) is 37.3. The second-order valence-electron chi connectivity index (χ2n) is 12.9. The Hall–Kier alpha value is -5.11. The van der Waals surface area contributed by atoms with Crippen LogP contribution in [-0.4, -0.2) is 78.0 Å². The number of carbonyl (C=O) groups is 5. The molecule has 274 valence electrons. The van der Waals surface area contributed by atoms with Gasteiger partial charge in [-0.15, -0.1) is 0 Å². The number of nitrogens with one attached hydrogen (secondary N) is 4. The molecule has 0 aromatic heterocycles. The summed E-state index contributed by atoms with van der Waals surface area (Å²) in [4.78, 5) is 66.0. The van der Waals surface area contributed by atoms with Crippen molar-refractivity contribution in [2.24, 2.45) is 23.1 Å². The first-order chi connectivity index (χ1) is 24.4. The Morgan fingerprint density at radius 1 is 0.569 bits per heavy atom. The third-order valence-corrected chi connectivity index (χ3v) is 8.27. The fraction of sp³-hybridized carbons (Fsp3) is 0.395. The maximum atomic E-state index is 14.0. The molecule has 0 fully saturated rings. The van der Waals surface area contributed by atoms with Gasteiger partial charge in [0.1, 0.15) is 24.2 Å². The summed E-state index contributed by atoms with van der Waals surface area (Å²) in [6.45, 7) is 3.87. The molecule has 0 saturated heterocycles. The van der Waals surface area contributed by atoms with Crippen LogP contribution in [0.1, 0.15) is 44.2 Å². The van der Waals surface area contributed by atoms with E-state index in [2.05, 4.69) is 21.3 Å². The van der Waals surface area contributed by atoms with E-state index >= 15 is 0 Å². The minimum absolute atomic E-state index is 0.0176. The lowest BCUT2D eigenvalue weighted by atomic mass is 9.99. The molecule has 0 aliphatic rings. The first kappa shape index (κ1) is 40.3. The van der Waals surface area contributed by atoms with E-state index in [9.17, 15) is 29.1 Å². The molecule has 5 atom stereocenters. The molecule has 4 amide bonds. The van der Waals surface area contributed by atoms with Crippen molar-refractivity contribution in [3.63, 3.8) is 0 Å². The Morgan fingerprint density at radius 3 is 1.51 bits per heavy atom. The topological polar surface area (TPSA) is 232 Å². The quantitative estimate of drug-likeness (QED) is 0.0846. The Kier molecular flexibility index (Phi) is 16.2. The summed E-state index contributed by atoms with van der Waals surface area (Å²) >= 11 is 0. The van der Waals surface area contributed by atoms with Gasteiger partial charge in [-0.3, -0.25) is 19.2 Å². The summed E-state index contributed by atoms with van der Waals surface area (Å²) in [6.07, 6.45) is 0.557. The van der Waals surface area contributed by atoms with Gasteiger partial charge in [-0.25, -0.2) is 4.79 Å². The fourth-order valence-electron chi connectivity index (χ4n) is 5.50. The van der Waals surface area contributed by atoms with Crippen molar-refractivity contribution in [3.8, 4) is 11.1 Å². The average Bonchev–Trinajstić information content (AvgIpc) is 3.11. The summed E-state index contributed by atoms with van der Waals surface area (Å²) in [5.74, 6) is -3.82. The number of amides is 4. The van der Waals surface area contributed by atoms with Crippen molar-refractivity contribution in [2.75, 3.05) is 13.1 Å². The normalized spacial score (nSPS) is 14.0. The van der Waals surface area contributed by atoms with E-state index < -0.39 is 59.8 Å². The fourth-order valence-corrected chi connectivity index (χ4v) is 5.50. The van der Waals surface area contributed by atoms with Crippen LogP contribution in [0.15, 0.2) is 84.9 Å². The molecule has 0 radical (unpaired) electrons. The Bertz CT molecular complexity index is 1570. The number of aliphatic carboxylic acids is 1. The molecular weight excluding hydrogens is 650 g/mol. The average molecular weight is 702 g/mol. The van der Waals surface area contributed by atoms with Crippen molar-refractivity contribution in [2.45, 2.75) is 76.2 Å². The molecule has 3 rings (SSSR count). The van der Waals surface area contributed by atoms with Crippen molar-refractivity contribution in [1.82, 2.24) is 21.3 Å². The van der Waals surface area contributed by atoms with Gasteiger partial charge in [0.15, 0.2) is 0 Å². The molecule has 3 aromatic carbocycles. The highest BCUT2D eigenvalue weighted by atomic mass is 16.4. The highest BCUT2D eigenvalue weighted by molar-refractivity contribution is 5.95. The van der Waals surface area contributed by atoms with Gasteiger partial charge in [-0.1, -0.05) is 98.8 Å². The predicted octanol–water partition coefficient (Wildman–Crippen LogP) is 1.23. The highest BCUT2D eigenvalue weighted by Gasteiger charge is 2.32. The van der Waals surface area contributed by atoms with E-state index in [1.54, 1.807) is 12.1 Å². The summed E-state index contributed by atoms with van der Waals surface area (Å²) in [7, 11) is 0. The smallest absolute Gasteiger partial charge is 0.326 e. The number of carbonyl (C=O) groups excluding carboxylic acids is 4. The van der Waals surface area contributed by atoms with Crippen molar-refractivity contribution < 1.29 is 29.1 Å². The van der Waals surface area contributed by atoms with E-state index in [1.165, 1.54) is 0 Å². The maximum Gasteiger partial charge on any atom is 0.326 e. The monoisotopic (exact) mass is 701 g/mol. The number of hydrogen-bond acceptors (Lipinski definition) is 8. The zero-order valence-corrected chi connectivity index (χ0v) is 29.2. The van der Waals surface area contributed by atoms with Crippen LogP contribution in [-0.2, 0) is 36.8 Å². The van der Waals surface area contributed by atoms with E-state index in [0.717, 1.165) is 16.7 Å². The third-order valence-electron chi connectivity index (χ3n) is 8.27. The molecule has 3 aromatic rings. The van der Waals surface area contributed by atoms with Crippen LogP contribution in [0.2, 0.25) is 0 Å². The molecule has 0 unspecified atom stereocenters. The van der Waals surface area contributed by atoms with Crippen molar-refractivity contribution in [3.05, 3.63) is 96.1 Å². The van der Waals surface area contributed by atoms with Gasteiger partial charge in [0, 0.05) is 12.8 Å². The molecule has 51 heavy (non-hydrogen) atoms. The lowest BCUT2D eigenvalue weighted by Crippen LogP contribution is -2.59. The molecule has 0 aliphatic heterocycles. The van der Waals surface area contributed by atoms with Crippen LogP contribution < -0.4 is 38.5 Å². The van der Waals surface area contributed by atoms with Crippen LogP contribution in [0.5, 0.6) is 0 Å². The van der Waals surface area contributed by atoms with E-state index in [-0.39, 0.29) is 51.1 Å². The molecule has 13 nitrogen and oxygen atoms in total. The number of nitrogens with two attached hydrogens (primary N) is 3. The van der Waals surface area contributed by atoms with E-state index in [1.807, 2.05) is 86.6 Å². The van der Waals surface area contributed by atoms with Crippen LogP contribution >= 0.6 is 0 Å². The number of carboxylic acid groups (broad SMARTS) is 1. The molecule has 0 aliphatic carbocycles. The van der Waals surface area contributed by atoms with Gasteiger partial charge in [0.2, 0.25) is 23.6 Å². The van der Waals surface area contributed by atoms with Crippen LogP contribution in [0.25, 0.3) is 11.1 Å². The minimum atomic E-state index is -1.20. The first-order valence-corrected chi connectivity index (χ1v) is 17.2. The Balaban J connectivity index is 1.91. The molecule has 0 heterocycles. The largest absolute Gasteiger partial charge is 0.480 e. The second-order valence-corrected chi connectivity index (χ2v) is 12.9. The lowest BCUT2D eigenvalue weighted by Gasteiger charge is -2.27. The predicted molar refractivity (Wildman–Crippen MR) is 196 cm³/mol. The van der Waals surface area contributed by atoms with Crippen LogP contribution in [0.3, 0.4) is 0 Å². The van der Waals surface area contributed by atoms with Gasteiger partial charge in [-0.2, -0.15) is 0 Å². The second kappa shape index (κ2) is 20.5. The highest BCUT2D eigenvalue weighted by Crippen LogP contribution is 2.20. The van der Waals surface area contributed by atoms with E-state index in [4.69, 9.17) is 17.2 Å². The first-order valence-electron chi connectivity index (χ1n) is 17.2. The van der Waals surface area contributed by atoms with Crippen LogP contribution in [0, 0.1) is 5.92 Å². The van der Waals surface area contributed by atoms with Gasteiger partial charge < -0.3 is 43.6 Å². The summed E-state index contributed by atoms with van der Waals surface area (Å²) < 4.78 is 0. The molecule has 0 bridgehead atoms. The van der Waals surface area contributed by atoms with Crippen molar-refractivity contribution in [1.29, 1.82) is 0 Å². The minimum Gasteiger partial charge on any atom is -0.480 e. The van der Waals surface area contributed by atoms with Crippen LogP contribution in [0.4, 0.5) is 0 Å². The van der Waals surface area contributed by atoms with Gasteiger partial charge >= 0.3 is 5.97 Å². The molecular formula is C38H51N7O6. The van der Waals surface area contributed by atoms with E-state index in [0.29, 0.717) is 5.56 Å².